The van der Waals surface area contributed by atoms with Gasteiger partial charge < -0.3 is 14.5 Å². The normalized spacial score (nSPS) is 11.2. The number of carbonyl (C=O) groups excluding carboxylic acids is 4. The predicted octanol–water partition coefficient (Wildman–Crippen LogP) is 3.46. The van der Waals surface area contributed by atoms with Gasteiger partial charge in [0.2, 0.25) is 0 Å². The van der Waals surface area contributed by atoms with Crippen LogP contribution < -0.4 is 0 Å². The van der Waals surface area contributed by atoms with Crippen LogP contribution in [0.15, 0.2) is 51.9 Å². The van der Waals surface area contributed by atoms with E-state index in [4.69, 9.17) is 14.5 Å². The van der Waals surface area contributed by atoms with E-state index in [1.807, 2.05) is 0 Å². The van der Waals surface area contributed by atoms with Crippen molar-refractivity contribution < 1.29 is 33.7 Å². The summed E-state index contributed by atoms with van der Waals surface area (Å²) in [5.74, 6) is 0.164. The molecule has 2 rings (SSSR count). The Hall–Kier alpha value is -4.34. The molecule has 4 radical (unpaired) electrons. The van der Waals surface area contributed by atoms with Crippen molar-refractivity contribution in [2.75, 3.05) is 19.8 Å². The molecule has 0 N–H and O–H groups in total. The van der Waals surface area contributed by atoms with Gasteiger partial charge in [-0.2, -0.15) is 0 Å². The number of carbonyl (C=O) groups is 4. The first-order chi connectivity index (χ1) is 19.0. The topological polar surface area (TPSA) is 133 Å². The summed E-state index contributed by atoms with van der Waals surface area (Å²) in [5.41, 5.74) is 2.66. The van der Waals surface area contributed by atoms with Crippen LogP contribution in [-0.2, 0) is 14.5 Å². The van der Waals surface area contributed by atoms with Crippen molar-refractivity contribution in [2.45, 2.75) is 25.5 Å². The highest BCUT2D eigenvalue weighted by Crippen LogP contribution is 2.15. The van der Waals surface area contributed by atoms with Gasteiger partial charge in [0.05, 0.1) is 28.1 Å². The third-order valence-electron chi connectivity index (χ3n) is 5.04. The number of aldehydes is 4. The molecule has 10 nitrogen and oxygen atoms in total. The summed E-state index contributed by atoms with van der Waals surface area (Å²) in [7, 11) is 9.25. The van der Waals surface area contributed by atoms with Crippen LogP contribution >= 0.6 is 0 Å². The minimum Gasteiger partial charge on any atom is -0.396 e. The molecular formula is C27H29B2N3O7. The second-order valence-electron chi connectivity index (χ2n) is 7.90. The number of hydrogen-bond donors (Lipinski definition) is 0. The van der Waals surface area contributed by atoms with E-state index in [1.165, 1.54) is 24.6 Å². The van der Waals surface area contributed by atoms with Gasteiger partial charge in [-0.3, -0.25) is 19.2 Å². The molecule has 2 aromatic carbocycles. The van der Waals surface area contributed by atoms with Crippen LogP contribution in [0.25, 0.3) is 0 Å². The van der Waals surface area contributed by atoms with E-state index in [0.29, 0.717) is 97.6 Å². The number of oxime groups is 3. The fourth-order valence-electron chi connectivity index (χ4n) is 3.28. The van der Waals surface area contributed by atoms with E-state index in [-0.39, 0.29) is 12.1 Å². The molecule has 0 spiro atoms. The van der Waals surface area contributed by atoms with Crippen LogP contribution in [0.4, 0.5) is 0 Å². The van der Waals surface area contributed by atoms with Crippen molar-refractivity contribution >= 4 is 60.0 Å². The third kappa shape index (κ3) is 14.2. The molecule has 2 aromatic rings. The third-order valence-corrected chi connectivity index (χ3v) is 5.04. The lowest BCUT2D eigenvalue weighted by Gasteiger charge is -2.14. The average molecular weight is 529 g/mol. The Balaban J connectivity index is 0.00000242. The van der Waals surface area contributed by atoms with E-state index in [1.54, 1.807) is 24.3 Å². The zero-order valence-corrected chi connectivity index (χ0v) is 21.5. The van der Waals surface area contributed by atoms with Gasteiger partial charge in [-0.25, -0.2) is 0 Å². The Morgan fingerprint density at radius 3 is 1.23 bits per heavy atom. The smallest absolute Gasteiger partial charge is 0.150 e. The van der Waals surface area contributed by atoms with Gasteiger partial charge >= 0.3 is 0 Å². The Morgan fingerprint density at radius 1 is 0.615 bits per heavy atom. The number of nitrogens with zero attached hydrogens (tertiary/aromatic N) is 3. The first-order valence-electron chi connectivity index (χ1n) is 11.9. The first kappa shape index (κ1) is 32.7. The highest BCUT2D eigenvalue weighted by atomic mass is 16.6. The van der Waals surface area contributed by atoms with E-state index in [9.17, 15) is 19.2 Å². The van der Waals surface area contributed by atoms with Crippen molar-refractivity contribution in [3.63, 3.8) is 0 Å². The molecule has 200 valence electrons. The average Bonchev–Trinajstić information content (AvgIpc) is 2.96. The summed E-state index contributed by atoms with van der Waals surface area (Å²) in [5, 5.41) is 11.2. The summed E-state index contributed by atoms with van der Waals surface area (Å²) >= 11 is 0. The molecule has 39 heavy (non-hydrogen) atoms. The summed E-state index contributed by atoms with van der Waals surface area (Å²) < 4.78 is 0. The zero-order chi connectivity index (χ0) is 28.7. The summed E-state index contributed by atoms with van der Waals surface area (Å²) in [6.07, 6.45) is 7.76. The standard InChI is InChI=1S/C26H27N3O7.CH2B2/c1-27-34-5-2-20(3-6-35-28-14-21-8-23(16-30)12-24(9-21)17-31)4-7-36-29-15-22-10-25(18-32)13-26(11-22)19-33;2-1-3/h8-20H,1-7H2;1H2/b28-14-,29-15?;. The number of benzene rings is 2. The number of rotatable bonds is 18. The molecular weight excluding hydrogens is 500 g/mol. The lowest BCUT2D eigenvalue weighted by Crippen LogP contribution is -2.10. The van der Waals surface area contributed by atoms with Gasteiger partial charge in [-0.05, 0) is 72.7 Å². The lowest BCUT2D eigenvalue weighted by molar-refractivity contribution is 0.0830. The largest absolute Gasteiger partial charge is 0.396 e. The molecule has 0 aliphatic rings. The molecule has 12 heteroatoms. The Labute approximate surface area is 230 Å². The minimum absolute atomic E-state index is 0.164. The van der Waals surface area contributed by atoms with Crippen LogP contribution in [0.1, 0.15) is 71.8 Å². The fourth-order valence-corrected chi connectivity index (χ4v) is 3.28. The molecule has 0 amide bonds. The molecule has 1 atom stereocenters. The quantitative estimate of drug-likeness (QED) is 0.0950. The molecule has 0 heterocycles. The van der Waals surface area contributed by atoms with Gasteiger partial charge in [-0.1, -0.05) is 10.3 Å². The van der Waals surface area contributed by atoms with Crippen LogP contribution in [0, 0.1) is 5.92 Å². The Morgan fingerprint density at radius 2 is 0.923 bits per heavy atom. The van der Waals surface area contributed by atoms with Crippen LogP contribution in [0.2, 0.25) is 6.22 Å². The molecule has 0 bridgehead atoms. The minimum atomic E-state index is 0.164. The molecule has 0 aliphatic heterocycles. The van der Waals surface area contributed by atoms with Crippen molar-refractivity contribution in [1.29, 1.82) is 0 Å². The van der Waals surface area contributed by atoms with E-state index in [0.717, 1.165) is 0 Å². The molecule has 1 unspecified atom stereocenters. The maximum Gasteiger partial charge on any atom is 0.150 e. The van der Waals surface area contributed by atoms with Crippen molar-refractivity contribution in [3.05, 3.63) is 69.8 Å². The molecule has 0 saturated heterocycles. The highest BCUT2D eigenvalue weighted by Gasteiger charge is 2.10. The van der Waals surface area contributed by atoms with Crippen molar-refractivity contribution in [2.24, 2.45) is 21.4 Å². The second-order valence-corrected chi connectivity index (χ2v) is 7.90. The lowest BCUT2D eigenvalue weighted by atomic mass is 9.88. The van der Waals surface area contributed by atoms with Gasteiger partial charge in [0.1, 0.15) is 45.0 Å². The zero-order valence-electron chi connectivity index (χ0n) is 21.5. The van der Waals surface area contributed by atoms with Crippen molar-refractivity contribution in [1.82, 2.24) is 0 Å². The van der Waals surface area contributed by atoms with Gasteiger partial charge in [0.25, 0.3) is 0 Å². The molecule has 0 aromatic heterocycles. The fraction of sp³-hybridized carbons (Fsp3) is 0.296. The van der Waals surface area contributed by atoms with Crippen molar-refractivity contribution in [3.8, 4) is 0 Å². The molecule has 0 fully saturated rings. The first-order valence-corrected chi connectivity index (χ1v) is 11.9. The summed E-state index contributed by atoms with van der Waals surface area (Å²) in [6, 6.07) is 9.37. The Bertz CT molecular complexity index is 995. The van der Waals surface area contributed by atoms with Crippen LogP contribution in [-0.4, -0.2) is 79.8 Å². The summed E-state index contributed by atoms with van der Waals surface area (Å²) in [4.78, 5) is 59.6. The predicted molar refractivity (Wildman–Crippen MR) is 151 cm³/mol. The van der Waals surface area contributed by atoms with Gasteiger partial charge in [0.15, 0.2) is 0 Å². The molecule has 0 aliphatic carbocycles. The van der Waals surface area contributed by atoms with Gasteiger partial charge in [-0.15, -0.1) is 11.4 Å². The SMILES string of the molecule is C=NOCCC(CCON=Cc1cc(C=O)cc(C=O)c1)CCO/N=C\c1cc(C=O)cc(C=O)c1.[B]C[B]. The van der Waals surface area contributed by atoms with Crippen LogP contribution in [0.3, 0.4) is 0 Å². The maximum absolute atomic E-state index is 11.0. The van der Waals surface area contributed by atoms with E-state index in [2.05, 4.69) is 37.9 Å². The monoisotopic (exact) mass is 529 g/mol. The van der Waals surface area contributed by atoms with E-state index >= 15 is 0 Å². The summed E-state index contributed by atoms with van der Waals surface area (Å²) in [6.45, 7) is 4.33. The van der Waals surface area contributed by atoms with Crippen LogP contribution in [0.5, 0.6) is 0 Å². The number of hydrogen-bond acceptors (Lipinski definition) is 10. The Kier molecular flexibility index (Phi) is 17.3. The van der Waals surface area contributed by atoms with Gasteiger partial charge in [0, 0.05) is 29.0 Å². The maximum atomic E-state index is 11.0. The van der Waals surface area contributed by atoms with E-state index < -0.39 is 0 Å². The highest BCUT2D eigenvalue weighted by molar-refractivity contribution is 6.31. The molecule has 0 saturated carbocycles. The second kappa shape index (κ2) is 20.7.